The minimum absolute atomic E-state index is 0.153. The lowest BCUT2D eigenvalue weighted by Gasteiger charge is -2.02. The number of imidazole rings is 1. The molecule has 0 saturated carbocycles. The third-order valence-electron chi connectivity index (χ3n) is 3.00. The summed E-state index contributed by atoms with van der Waals surface area (Å²) in [5.74, 6) is 0.527. The molecule has 0 bridgehead atoms. The second kappa shape index (κ2) is 7.58. The summed E-state index contributed by atoms with van der Waals surface area (Å²) in [5.41, 5.74) is 6.84. The highest BCUT2D eigenvalue weighted by molar-refractivity contribution is 9.10. The highest BCUT2D eigenvalue weighted by atomic mass is 79.9. The zero-order valence-corrected chi connectivity index (χ0v) is 14.7. The van der Waals surface area contributed by atoms with Gasteiger partial charge in [-0.3, -0.25) is 0 Å². The van der Waals surface area contributed by atoms with Gasteiger partial charge in [0, 0.05) is 24.7 Å². The van der Waals surface area contributed by atoms with Gasteiger partial charge in [0.15, 0.2) is 16.6 Å². The zero-order valence-electron chi connectivity index (χ0n) is 12.3. The van der Waals surface area contributed by atoms with Gasteiger partial charge in [-0.25, -0.2) is 19.0 Å². The number of aromatic nitrogens is 4. The van der Waals surface area contributed by atoms with E-state index >= 15 is 0 Å². The summed E-state index contributed by atoms with van der Waals surface area (Å²) in [6.45, 7) is 0.763. The zero-order chi connectivity index (χ0) is 16.9. The van der Waals surface area contributed by atoms with Gasteiger partial charge in [0.2, 0.25) is 0 Å². The number of aryl methyl sites for hydroxylation is 1. The Kier molecular flexibility index (Phi) is 5.26. The fourth-order valence-corrected chi connectivity index (χ4v) is 3.07. The standard InChI is InChI=1S/C14H12BrFN6OS/c15-10-7-9(1-2-11(10)16)19-13(17)12-14(21-23-20-12)24-6-5-22-4-3-18-8-22/h1-4,7-8H,5-6H2,(H2,17,19). The molecule has 124 valence electrons. The molecule has 2 heterocycles. The topological polar surface area (TPSA) is 95.1 Å². The van der Waals surface area contributed by atoms with Crippen molar-refractivity contribution in [1.29, 1.82) is 0 Å². The molecule has 3 rings (SSSR count). The minimum Gasteiger partial charge on any atom is -0.382 e. The Morgan fingerprint density at radius 2 is 2.29 bits per heavy atom. The first-order chi connectivity index (χ1) is 11.6. The molecule has 3 aromatic rings. The number of nitrogens with zero attached hydrogens (tertiary/aromatic N) is 5. The minimum atomic E-state index is -0.369. The van der Waals surface area contributed by atoms with Gasteiger partial charge in [-0.2, -0.15) is 0 Å². The summed E-state index contributed by atoms with van der Waals surface area (Å²) < 4.78 is 20.3. The first kappa shape index (κ1) is 16.7. The molecule has 24 heavy (non-hydrogen) atoms. The van der Waals surface area contributed by atoms with Crippen LogP contribution in [0.1, 0.15) is 5.69 Å². The second-order valence-electron chi connectivity index (χ2n) is 4.66. The van der Waals surface area contributed by atoms with Crippen LogP contribution in [0.15, 0.2) is 56.0 Å². The van der Waals surface area contributed by atoms with Crippen LogP contribution >= 0.6 is 27.7 Å². The molecule has 2 aromatic heterocycles. The van der Waals surface area contributed by atoms with E-state index in [1.807, 2.05) is 10.8 Å². The van der Waals surface area contributed by atoms with Crippen molar-refractivity contribution in [2.75, 3.05) is 5.75 Å². The van der Waals surface area contributed by atoms with Crippen molar-refractivity contribution < 1.29 is 9.02 Å². The molecule has 0 unspecified atom stereocenters. The normalized spacial score (nSPS) is 11.8. The Hall–Kier alpha value is -2.20. The second-order valence-corrected chi connectivity index (χ2v) is 6.60. The predicted molar refractivity (Wildman–Crippen MR) is 91.7 cm³/mol. The van der Waals surface area contributed by atoms with Crippen LogP contribution in [-0.2, 0) is 6.54 Å². The van der Waals surface area contributed by atoms with E-state index in [4.69, 9.17) is 10.4 Å². The Labute approximate surface area is 149 Å². The number of aliphatic imine (C=N–C) groups is 1. The van der Waals surface area contributed by atoms with Gasteiger partial charge >= 0.3 is 0 Å². The van der Waals surface area contributed by atoms with E-state index in [1.54, 1.807) is 12.5 Å². The molecule has 1 aromatic carbocycles. The molecule has 0 aliphatic heterocycles. The fraction of sp³-hybridized carbons (Fsp3) is 0.143. The molecular formula is C14H12BrFN6OS. The monoisotopic (exact) mass is 410 g/mol. The number of hydrogen-bond acceptors (Lipinski definition) is 6. The third kappa shape index (κ3) is 4.01. The highest BCUT2D eigenvalue weighted by Gasteiger charge is 2.15. The molecule has 0 aliphatic rings. The van der Waals surface area contributed by atoms with E-state index < -0.39 is 0 Å². The van der Waals surface area contributed by atoms with Crippen LogP contribution in [0.4, 0.5) is 10.1 Å². The van der Waals surface area contributed by atoms with Crippen LogP contribution < -0.4 is 5.73 Å². The van der Waals surface area contributed by atoms with Crippen LogP contribution in [-0.4, -0.2) is 31.5 Å². The summed E-state index contributed by atoms with van der Waals surface area (Å²) in [5, 5.41) is 8.20. The quantitative estimate of drug-likeness (QED) is 0.381. The van der Waals surface area contributed by atoms with Gasteiger partial charge in [-0.1, -0.05) is 11.8 Å². The van der Waals surface area contributed by atoms with Gasteiger partial charge in [-0.05, 0) is 44.4 Å². The maximum absolute atomic E-state index is 13.3. The van der Waals surface area contributed by atoms with Crippen LogP contribution in [0.3, 0.4) is 0 Å². The number of benzene rings is 1. The Balaban J connectivity index is 1.71. The average molecular weight is 411 g/mol. The lowest BCUT2D eigenvalue weighted by atomic mass is 10.3. The van der Waals surface area contributed by atoms with Gasteiger partial charge in [0.05, 0.1) is 16.5 Å². The van der Waals surface area contributed by atoms with E-state index in [9.17, 15) is 4.39 Å². The summed E-state index contributed by atoms with van der Waals surface area (Å²) in [6, 6.07) is 4.35. The predicted octanol–water partition coefficient (Wildman–Crippen LogP) is 3.00. The van der Waals surface area contributed by atoms with E-state index in [1.165, 1.54) is 30.0 Å². The molecule has 0 saturated heterocycles. The smallest absolute Gasteiger partial charge is 0.183 e. The van der Waals surface area contributed by atoms with Crippen molar-refractivity contribution >= 4 is 39.2 Å². The van der Waals surface area contributed by atoms with Crippen molar-refractivity contribution in [2.45, 2.75) is 11.6 Å². The van der Waals surface area contributed by atoms with Crippen molar-refractivity contribution in [2.24, 2.45) is 10.7 Å². The molecule has 2 N–H and O–H groups in total. The van der Waals surface area contributed by atoms with E-state index in [0.29, 0.717) is 20.9 Å². The number of thioether (sulfide) groups is 1. The first-order valence-electron chi connectivity index (χ1n) is 6.84. The summed E-state index contributed by atoms with van der Waals surface area (Å²) in [7, 11) is 0. The molecule has 0 aliphatic carbocycles. The lowest BCUT2D eigenvalue weighted by Crippen LogP contribution is -2.14. The van der Waals surface area contributed by atoms with Gasteiger partial charge in [-0.15, -0.1) is 0 Å². The Bertz CT molecular complexity index is 851. The van der Waals surface area contributed by atoms with Crippen LogP contribution in [0.25, 0.3) is 0 Å². The molecule has 0 atom stereocenters. The number of amidine groups is 1. The molecule has 10 heteroatoms. The van der Waals surface area contributed by atoms with Gasteiger partial charge in [0.25, 0.3) is 0 Å². The van der Waals surface area contributed by atoms with Crippen LogP contribution in [0.5, 0.6) is 0 Å². The SMILES string of the molecule is NC(=Nc1ccc(F)c(Br)c1)c1nonc1SCCn1ccnc1. The van der Waals surface area contributed by atoms with Gasteiger partial charge in [0.1, 0.15) is 5.82 Å². The number of rotatable bonds is 6. The molecule has 7 nitrogen and oxygen atoms in total. The Morgan fingerprint density at radius 1 is 1.42 bits per heavy atom. The largest absolute Gasteiger partial charge is 0.382 e. The molecule has 0 fully saturated rings. The number of nitrogens with two attached hydrogens (primary N) is 1. The summed E-state index contributed by atoms with van der Waals surface area (Å²) in [4.78, 5) is 8.21. The molecule has 0 radical (unpaired) electrons. The fourth-order valence-electron chi connectivity index (χ4n) is 1.84. The Morgan fingerprint density at radius 3 is 3.04 bits per heavy atom. The van der Waals surface area contributed by atoms with Crippen molar-refractivity contribution in [1.82, 2.24) is 19.9 Å². The summed E-state index contributed by atoms with van der Waals surface area (Å²) in [6.07, 6.45) is 5.34. The van der Waals surface area contributed by atoms with Crippen LogP contribution in [0, 0.1) is 5.82 Å². The average Bonchev–Trinajstić information content (AvgIpc) is 3.22. The van der Waals surface area contributed by atoms with E-state index in [2.05, 4.69) is 36.2 Å². The van der Waals surface area contributed by atoms with Crippen molar-refractivity contribution in [3.63, 3.8) is 0 Å². The summed E-state index contributed by atoms with van der Waals surface area (Å²) >= 11 is 4.56. The van der Waals surface area contributed by atoms with Crippen LogP contribution in [0.2, 0.25) is 0 Å². The molecular weight excluding hydrogens is 399 g/mol. The molecule has 0 spiro atoms. The lowest BCUT2D eigenvalue weighted by molar-refractivity contribution is 0.298. The first-order valence-corrected chi connectivity index (χ1v) is 8.62. The van der Waals surface area contributed by atoms with Crippen molar-refractivity contribution in [3.05, 3.63) is 52.9 Å². The maximum Gasteiger partial charge on any atom is 0.183 e. The highest BCUT2D eigenvalue weighted by Crippen LogP contribution is 2.24. The van der Waals surface area contributed by atoms with E-state index in [0.717, 1.165) is 12.3 Å². The maximum atomic E-state index is 13.3. The number of halogens is 2. The number of hydrogen-bond donors (Lipinski definition) is 1. The van der Waals surface area contributed by atoms with Gasteiger partial charge < -0.3 is 10.3 Å². The van der Waals surface area contributed by atoms with E-state index in [-0.39, 0.29) is 11.7 Å². The van der Waals surface area contributed by atoms with Crippen molar-refractivity contribution in [3.8, 4) is 0 Å². The third-order valence-corrected chi connectivity index (χ3v) is 4.54. The molecule has 0 amide bonds.